The monoisotopic (exact) mass is 1560 g/mol. The van der Waals surface area contributed by atoms with Crippen molar-refractivity contribution in [2.75, 3.05) is 33.8 Å². The Labute approximate surface area is 637 Å². The van der Waals surface area contributed by atoms with Crippen LogP contribution in [-0.2, 0) is 25.4 Å². The van der Waals surface area contributed by atoms with E-state index >= 15 is 0 Å². The highest BCUT2D eigenvalue weighted by molar-refractivity contribution is 6.35. The Balaban J connectivity index is 0.000000160. The lowest BCUT2D eigenvalue weighted by atomic mass is 9.98. The molecule has 0 saturated carbocycles. The van der Waals surface area contributed by atoms with Crippen molar-refractivity contribution in [2.45, 2.75) is 269 Å². The molecule has 0 spiro atoms. The highest BCUT2D eigenvalue weighted by Crippen LogP contribution is 2.47. The van der Waals surface area contributed by atoms with E-state index < -0.39 is 22.4 Å². The molecule has 0 radical (unpaired) electrons. The summed E-state index contributed by atoms with van der Waals surface area (Å²) in [6.45, 7) is 24.3. The molecular weight excluding hydrogens is 1460 g/mol. The Morgan fingerprint density at radius 2 is 0.764 bits per heavy atom. The van der Waals surface area contributed by atoms with Crippen LogP contribution in [0.4, 0.5) is 35.1 Å². The third-order valence-electron chi connectivity index (χ3n) is 18.6. The van der Waals surface area contributed by atoms with Gasteiger partial charge in [0, 0.05) is 43.4 Å². The molecule has 8 fully saturated rings. The van der Waals surface area contributed by atoms with E-state index in [1.165, 1.54) is 59.8 Å². The molecule has 4 amide bonds. The molecule has 12 heterocycles. The molecule has 106 heavy (non-hydrogen) atoms. The van der Waals surface area contributed by atoms with Crippen LogP contribution in [0.25, 0.3) is 0 Å². The fraction of sp³-hybridized carbons (Fsp3) is 0.639. The van der Waals surface area contributed by atoms with Crippen LogP contribution >= 0.6 is 46.4 Å². The zero-order valence-electron chi connectivity index (χ0n) is 63.0. The van der Waals surface area contributed by atoms with Crippen molar-refractivity contribution >= 4 is 82.3 Å². The van der Waals surface area contributed by atoms with Crippen molar-refractivity contribution in [3.63, 3.8) is 0 Å². The molecule has 1 aromatic carbocycles. The summed E-state index contributed by atoms with van der Waals surface area (Å²) in [5, 5.41) is 13.5. The molecule has 8 saturated heterocycles. The van der Waals surface area contributed by atoms with E-state index in [1.54, 1.807) is 15.9 Å². The summed E-state index contributed by atoms with van der Waals surface area (Å²) in [4.78, 5) is 88.5. The van der Waals surface area contributed by atoms with Gasteiger partial charge in [-0.25, -0.2) is 48.5 Å². The second kappa shape index (κ2) is 34.5. The largest absolute Gasteiger partial charge is 0.491 e. The number of hydrogen-bond donors (Lipinski definition) is 2. The van der Waals surface area contributed by atoms with Crippen molar-refractivity contribution < 1.29 is 80.8 Å². The first-order valence-corrected chi connectivity index (χ1v) is 36.9. The van der Waals surface area contributed by atoms with E-state index in [9.17, 15) is 28.7 Å². The lowest BCUT2D eigenvalue weighted by molar-refractivity contribution is 0.0163. The molecule has 8 bridgehead atoms. The van der Waals surface area contributed by atoms with Crippen LogP contribution in [-0.4, -0.2) is 213 Å². The number of anilines is 2. The van der Waals surface area contributed by atoms with Crippen molar-refractivity contribution in [3.8, 4) is 40.6 Å². The molecule has 29 nitrogen and oxygen atoms in total. The average molecular weight is 1560 g/mol. The van der Waals surface area contributed by atoms with Crippen molar-refractivity contribution in [1.29, 1.82) is 0 Å². The predicted molar refractivity (Wildman–Crippen MR) is 391 cm³/mol. The summed E-state index contributed by atoms with van der Waals surface area (Å²) in [6.07, 6.45) is 14.2. The number of ether oxygens (including phenoxy) is 11. The van der Waals surface area contributed by atoms with Gasteiger partial charge in [-0.15, -0.1) is 0 Å². The number of methoxy groups -OCH3 is 4. The molecule has 34 heteroatoms. The second-order valence-electron chi connectivity index (χ2n) is 30.6. The Morgan fingerprint density at radius 1 is 0.453 bits per heavy atom. The number of aliphatic hydroxyl groups excluding tert-OH is 1. The van der Waals surface area contributed by atoms with Gasteiger partial charge in [0.05, 0.1) is 64.4 Å². The van der Waals surface area contributed by atoms with E-state index in [0.29, 0.717) is 47.7 Å². The molecule has 5 aromatic rings. The summed E-state index contributed by atoms with van der Waals surface area (Å²) in [5.41, 5.74) is -0.855. The zero-order chi connectivity index (χ0) is 77.5. The number of hydrogen-bond acceptors (Lipinski definition) is 25. The number of aliphatic hydroxyl groups is 1. The van der Waals surface area contributed by atoms with Gasteiger partial charge in [0.1, 0.15) is 71.8 Å². The van der Waals surface area contributed by atoms with Crippen molar-refractivity contribution in [2.24, 2.45) is 0 Å². The Bertz CT molecular complexity index is 3760. The third-order valence-corrected chi connectivity index (χ3v) is 19.7. The first kappa shape index (κ1) is 82.1. The van der Waals surface area contributed by atoms with Gasteiger partial charge in [-0.3, -0.25) is 19.6 Å². The average Bonchev–Trinajstić information content (AvgIpc) is 1.64. The smallest absolute Gasteiger partial charge is 0.410 e. The van der Waals surface area contributed by atoms with Gasteiger partial charge in [0.15, 0.2) is 32.2 Å². The van der Waals surface area contributed by atoms with Gasteiger partial charge in [0.25, 0.3) is 17.6 Å². The fourth-order valence-corrected chi connectivity index (χ4v) is 15.2. The fourth-order valence-electron chi connectivity index (χ4n) is 14.4. The highest BCUT2D eigenvalue weighted by Gasteiger charge is 2.55. The van der Waals surface area contributed by atoms with Crippen LogP contribution in [0.3, 0.4) is 0 Å². The van der Waals surface area contributed by atoms with Gasteiger partial charge >= 0.3 is 24.4 Å². The number of nitrogens with zero attached hydrogens (tertiary/aromatic N) is 12. The van der Waals surface area contributed by atoms with Crippen LogP contribution < -0.4 is 38.5 Å². The molecule has 2 N–H and O–H groups in total. The van der Waals surface area contributed by atoms with Gasteiger partial charge in [-0.1, -0.05) is 59.4 Å². The number of rotatable bonds is 13. The van der Waals surface area contributed by atoms with E-state index in [2.05, 4.69) is 45.2 Å². The lowest BCUT2D eigenvalue weighted by Crippen LogP contribution is -2.42. The van der Waals surface area contributed by atoms with Crippen LogP contribution in [0.1, 0.15) is 173 Å². The van der Waals surface area contributed by atoms with E-state index in [-0.39, 0.29) is 141 Å². The molecule has 582 valence electrons. The molecule has 13 rings (SSSR count). The minimum Gasteiger partial charge on any atom is -0.491 e. The predicted octanol–water partition coefficient (Wildman–Crippen LogP) is 14.3. The number of benzene rings is 1. The molecule has 8 aliphatic rings. The number of carbonyl (C=O) groups excluding carboxylic acids is 4. The minimum atomic E-state index is -0.559. The molecule has 0 aliphatic carbocycles. The number of carbonyl (C=O) groups is 4. The van der Waals surface area contributed by atoms with Gasteiger partial charge < -0.3 is 62.5 Å². The summed E-state index contributed by atoms with van der Waals surface area (Å²) >= 11 is 23.1. The van der Waals surface area contributed by atoms with Crippen LogP contribution in [0.2, 0.25) is 20.6 Å². The SMILES string of the molecule is CC(C)(C)OC(=O)N1C2CCC1C(O)C2.CCc1ccc(Nc2ncnc(O[C@H]3CC4CCC3N4C(=O)OC(C)(C)C)c2OC)c(F)c1.COc1c(Cl)ncnc1Cl.COc1c(Cl)ncnc1O[C@H]1CC2CCC1N2C(=O)OC(C)(C)C.COc1c(Cl)ncnc1O[C@H]1CC2CCC1N2C(=O)OC(C)(C)C. The normalized spacial score (nSPS) is 24.2. The molecule has 8 aliphatic heterocycles. The number of aryl methyl sites for hydroxylation is 1. The molecule has 9 unspecified atom stereocenters. The van der Waals surface area contributed by atoms with E-state index in [0.717, 1.165) is 76.2 Å². The maximum Gasteiger partial charge on any atom is 0.410 e. The summed E-state index contributed by atoms with van der Waals surface area (Å²) < 4.78 is 75.5. The Kier molecular flexibility index (Phi) is 26.8. The topological polar surface area (TPSA) is 318 Å². The lowest BCUT2D eigenvalue weighted by Gasteiger charge is -2.28. The maximum absolute atomic E-state index is 14.5. The zero-order valence-corrected chi connectivity index (χ0v) is 66.0. The molecular formula is C72H98Cl4FN13O16. The highest BCUT2D eigenvalue weighted by atomic mass is 35.5. The van der Waals surface area contributed by atoms with E-state index in [4.69, 9.17) is 98.5 Å². The van der Waals surface area contributed by atoms with Crippen LogP contribution in [0.15, 0.2) is 43.5 Å². The number of fused-ring (bicyclic) bond motifs is 8. The number of amides is 4. The summed E-state index contributed by atoms with van der Waals surface area (Å²) in [6, 6.07) is 5.41. The first-order valence-electron chi connectivity index (χ1n) is 35.4. The standard InChI is InChI=1S/C24H31FN4O4.2C16H22ClN3O4.C11H19NO3.C5H4Cl2N2O/c1-6-14-7-9-17(16(25)11-14)28-21-20(31-5)22(27-13-26-21)32-19-12-15-8-10-18(19)29(15)23(30)33-24(2,3)4;2*1-16(2,3)24-15(21)20-9-5-6-10(20)11(7-9)23-14-12(22-4)13(17)18-8-19-14;1-11(2,3)15-10(14)12-7-4-5-8(12)9(13)6-7;1-10-3-4(6)8-2-9-5(3)7/h7,9,11,13,15,18-19H,6,8,10,12H2,1-5H3,(H,26,27,28);2*8-11H,5-7H2,1-4H3;7-9,13H,4-6H2,1-3H3;2H,1H3/t15?,18?,19-;2*9?,10?,11-;;/m000../s1. The number of nitrogens with one attached hydrogen (secondary N) is 1. The third kappa shape index (κ3) is 20.3. The van der Waals surface area contributed by atoms with Gasteiger partial charge in [-0.05, 0) is 165 Å². The van der Waals surface area contributed by atoms with Crippen LogP contribution in [0.5, 0.6) is 40.6 Å². The Hall–Kier alpha value is -7.93. The molecule has 12 atom stereocenters. The van der Waals surface area contributed by atoms with E-state index in [1.807, 2.05) is 106 Å². The van der Waals surface area contributed by atoms with Crippen LogP contribution in [0, 0.1) is 5.82 Å². The summed E-state index contributed by atoms with van der Waals surface area (Å²) in [5.74, 6) is 2.00. The molecule has 4 aromatic heterocycles. The number of aromatic nitrogens is 8. The minimum absolute atomic E-state index is 0.00940. The van der Waals surface area contributed by atoms with Gasteiger partial charge in [-0.2, -0.15) is 15.0 Å². The second-order valence-corrected chi connectivity index (χ2v) is 32.0. The Morgan fingerprint density at radius 3 is 1.07 bits per heavy atom. The number of halogens is 5. The quantitative estimate of drug-likeness (QED) is 0.0817. The van der Waals surface area contributed by atoms with Gasteiger partial charge in [0.2, 0.25) is 17.2 Å². The first-order chi connectivity index (χ1) is 49.9. The maximum atomic E-state index is 14.5. The van der Waals surface area contributed by atoms with Crippen molar-refractivity contribution in [1.82, 2.24) is 59.5 Å². The summed E-state index contributed by atoms with van der Waals surface area (Å²) in [7, 11) is 5.92. The van der Waals surface area contributed by atoms with Crippen molar-refractivity contribution in [3.05, 3.63) is 75.5 Å².